The van der Waals surface area contributed by atoms with E-state index in [2.05, 4.69) is 17.2 Å². The molecule has 1 atom stereocenters. The van der Waals surface area contributed by atoms with Crippen molar-refractivity contribution in [3.63, 3.8) is 0 Å². The number of amides is 1. The summed E-state index contributed by atoms with van der Waals surface area (Å²) in [6, 6.07) is 3.88. The van der Waals surface area contributed by atoms with Gasteiger partial charge in [0.1, 0.15) is 0 Å². The SMILES string of the molecule is CC(CN)(NC(=O)CCc1ccncc1)C1CC1.Cl.Cl. The molecule has 1 fully saturated rings. The van der Waals surface area contributed by atoms with Gasteiger partial charge in [-0.2, -0.15) is 0 Å². The van der Waals surface area contributed by atoms with Crippen LogP contribution in [0.25, 0.3) is 0 Å². The number of halogens is 2. The maximum absolute atomic E-state index is 11.9. The zero-order valence-electron chi connectivity index (χ0n) is 11.7. The Balaban J connectivity index is 0.00000180. The number of nitrogens with zero attached hydrogens (tertiary/aromatic N) is 1. The molecule has 1 aromatic rings. The number of rotatable bonds is 6. The molecule has 4 nitrogen and oxygen atoms in total. The first-order valence-corrected chi connectivity index (χ1v) is 6.54. The Morgan fingerprint density at radius 2 is 2.00 bits per heavy atom. The molecule has 0 saturated heterocycles. The number of aromatic nitrogens is 1. The topological polar surface area (TPSA) is 68.0 Å². The molecule has 20 heavy (non-hydrogen) atoms. The van der Waals surface area contributed by atoms with Crippen molar-refractivity contribution >= 4 is 30.7 Å². The number of hydrogen-bond donors (Lipinski definition) is 2. The number of carbonyl (C=O) groups is 1. The smallest absolute Gasteiger partial charge is 0.220 e. The monoisotopic (exact) mass is 319 g/mol. The molecule has 1 aromatic heterocycles. The third-order valence-electron chi connectivity index (χ3n) is 3.72. The van der Waals surface area contributed by atoms with E-state index in [0.29, 0.717) is 18.9 Å². The molecule has 0 aromatic carbocycles. The van der Waals surface area contributed by atoms with Crippen molar-refractivity contribution in [1.82, 2.24) is 10.3 Å². The van der Waals surface area contributed by atoms with Crippen LogP contribution >= 0.6 is 24.8 Å². The minimum Gasteiger partial charge on any atom is -0.349 e. The normalized spacial score (nSPS) is 16.3. The lowest BCUT2D eigenvalue weighted by Gasteiger charge is -2.29. The number of nitrogens with one attached hydrogen (secondary N) is 1. The first-order chi connectivity index (χ1) is 8.64. The second-order valence-electron chi connectivity index (χ2n) is 5.30. The third-order valence-corrected chi connectivity index (χ3v) is 3.72. The van der Waals surface area contributed by atoms with E-state index in [4.69, 9.17) is 5.73 Å². The van der Waals surface area contributed by atoms with E-state index in [0.717, 1.165) is 12.0 Å². The minimum atomic E-state index is -0.213. The molecule has 1 amide bonds. The Morgan fingerprint density at radius 3 is 2.50 bits per heavy atom. The lowest BCUT2D eigenvalue weighted by atomic mass is 9.95. The van der Waals surface area contributed by atoms with Gasteiger partial charge in [0, 0.05) is 25.4 Å². The van der Waals surface area contributed by atoms with Gasteiger partial charge >= 0.3 is 0 Å². The van der Waals surface area contributed by atoms with Crippen LogP contribution in [0.2, 0.25) is 0 Å². The van der Waals surface area contributed by atoms with E-state index < -0.39 is 0 Å². The molecule has 1 unspecified atom stereocenters. The quantitative estimate of drug-likeness (QED) is 0.843. The van der Waals surface area contributed by atoms with Crippen molar-refractivity contribution in [2.75, 3.05) is 6.54 Å². The maximum atomic E-state index is 11.9. The number of carbonyl (C=O) groups excluding carboxylic acids is 1. The first kappa shape index (κ1) is 19.2. The van der Waals surface area contributed by atoms with Gasteiger partial charge < -0.3 is 11.1 Å². The van der Waals surface area contributed by atoms with Crippen molar-refractivity contribution in [3.05, 3.63) is 30.1 Å². The Bertz CT molecular complexity index is 412. The van der Waals surface area contributed by atoms with Gasteiger partial charge in [0.15, 0.2) is 0 Å². The summed E-state index contributed by atoms with van der Waals surface area (Å²) in [6.07, 6.45) is 7.12. The fourth-order valence-electron chi connectivity index (χ4n) is 2.23. The fraction of sp³-hybridized carbons (Fsp3) is 0.571. The van der Waals surface area contributed by atoms with Gasteiger partial charge in [-0.3, -0.25) is 9.78 Å². The van der Waals surface area contributed by atoms with Crippen molar-refractivity contribution in [3.8, 4) is 0 Å². The minimum absolute atomic E-state index is 0. The second kappa shape index (κ2) is 8.45. The van der Waals surface area contributed by atoms with Crippen LogP contribution in [0, 0.1) is 5.92 Å². The van der Waals surface area contributed by atoms with E-state index in [1.807, 2.05) is 12.1 Å². The summed E-state index contributed by atoms with van der Waals surface area (Å²) in [4.78, 5) is 15.9. The Kier molecular flexibility index (Phi) is 8.09. The largest absolute Gasteiger partial charge is 0.349 e. The lowest BCUT2D eigenvalue weighted by molar-refractivity contribution is -0.123. The van der Waals surface area contributed by atoms with Gasteiger partial charge in [-0.15, -0.1) is 24.8 Å². The molecule has 1 aliphatic rings. The highest BCUT2D eigenvalue weighted by Crippen LogP contribution is 2.38. The van der Waals surface area contributed by atoms with Crippen LogP contribution in [0.5, 0.6) is 0 Å². The number of nitrogens with two attached hydrogens (primary N) is 1. The average Bonchev–Trinajstić information content (AvgIpc) is 3.22. The zero-order chi connectivity index (χ0) is 13.0. The lowest BCUT2D eigenvalue weighted by Crippen LogP contribution is -2.53. The van der Waals surface area contributed by atoms with Gasteiger partial charge in [0.25, 0.3) is 0 Å². The molecular weight excluding hydrogens is 297 g/mol. The van der Waals surface area contributed by atoms with Gasteiger partial charge in [-0.1, -0.05) is 0 Å². The summed E-state index contributed by atoms with van der Waals surface area (Å²) in [6.45, 7) is 2.56. The first-order valence-electron chi connectivity index (χ1n) is 6.54. The maximum Gasteiger partial charge on any atom is 0.220 e. The third kappa shape index (κ3) is 5.27. The molecule has 0 radical (unpaired) electrons. The Morgan fingerprint density at radius 1 is 1.40 bits per heavy atom. The number of aryl methyl sites for hydroxylation is 1. The number of hydrogen-bond acceptors (Lipinski definition) is 3. The summed E-state index contributed by atoms with van der Waals surface area (Å²) in [5, 5.41) is 3.10. The highest BCUT2D eigenvalue weighted by atomic mass is 35.5. The summed E-state index contributed by atoms with van der Waals surface area (Å²) >= 11 is 0. The van der Waals surface area contributed by atoms with Crippen molar-refractivity contribution in [1.29, 1.82) is 0 Å². The van der Waals surface area contributed by atoms with Crippen molar-refractivity contribution in [2.24, 2.45) is 11.7 Å². The molecule has 1 saturated carbocycles. The predicted molar refractivity (Wildman–Crippen MR) is 85.4 cm³/mol. The highest BCUT2D eigenvalue weighted by Gasteiger charge is 2.41. The molecule has 1 heterocycles. The Hall–Kier alpha value is -0.840. The molecule has 1 aliphatic carbocycles. The molecule has 6 heteroatoms. The van der Waals surface area contributed by atoms with Crippen LogP contribution < -0.4 is 11.1 Å². The number of pyridine rings is 1. The van der Waals surface area contributed by atoms with Crippen LogP contribution in [0.15, 0.2) is 24.5 Å². The van der Waals surface area contributed by atoms with E-state index in [9.17, 15) is 4.79 Å². The molecule has 0 spiro atoms. The Labute approximate surface area is 132 Å². The highest BCUT2D eigenvalue weighted by molar-refractivity contribution is 5.85. The van der Waals surface area contributed by atoms with E-state index in [-0.39, 0.29) is 36.3 Å². The summed E-state index contributed by atoms with van der Waals surface area (Å²) in [5.74, 6) is 0.652. The standard InChI is InChI=1S/C14H21N3O.2ClH/c1-14(10-15,12-3-4-12)17-13(18)5-2-11-6-8-16-9-7-11;;/h6-9,12H,2-5,10,15H2,1H3,(H,17,18);2*1H. The van der Waals surface area contributed by atoms with Gasteiger partial charge in [-0.05, 0) is 49.8 Å². The summed E-state index contributed by atoms with van der Waals surface area (Å²) in [5.41, 5.74) is 6.71. The average molecular weight is 320 g/mol. The molecular formula is C14H23Cl2N3O. The van der Waals surface area contributed by atoms with Crippen LogP contribution in [-0.4, -0.2) is 23.0 Å². The molecule has 3 N–H and O–H groups in total. The van der Waals surface area contributed by atoms with Crippen molar-refractivity contribution < 1.29 is 4.79 Å². The van der Waals surface area contributed by atoms with E-state index in [1.54, 1.807) is 12.4 Å². The van der Waals surface area contributed by atoms with Crippen LogP contribution in [0.1, 0.15) is 31.7 Å². The summed E-state index contributed by atoms with van der Waals surface area (Å²) in [7, 11) is 0. The zero-order valence-corrected chi connectivity index (χ0v) is 13.3. The van der Waals surface area contributed by atoms with E-state index in [1.165, 1.54) is 12.8 Å². The van der Waals surface area contributed by atoms with Crippen LogP contribution in [0.3, 0.4) is 0 Å². The van der Waals surface area contributed by atoms with Crippen molar-refractivity contribution in [2.45, 2.75) is 38.1 Å². The van der Waals surface area contributed by atoms with Gasteiger partial charge in [0.2, 0.25) is 5.91 Å². The fourth-order valence-corrected chi connectivity index (χ4v) is 2.23. The van der Waals surface area contributed by atoms with Gasteiger partial charge in [-0.25, -0.2) is 0 Å². The van der Waals surface area contributed by atoms with Gasteiger partial charge in [0.05, 0.1) is 5.54 Å². The van der Waals surface area contributed by atoms with Crippen LogP contribution in [0.4, 0.5) is 0 Å². The second-order valence-corrected chi connectivity index (χ2v) is 5.30. The molecule has 0 bridgehead atoms. The predicted octanol–water partition coefficient (Wildman–Crippen LogP) is 2.10. The molecule has 2 rings (SSSR count). The molecule has 0 aliphatic heterocycles. The van der Waals surface area contributed by atoms with E-state index >= 15 is 0 Å². The molecule has 114 valence electrons. The van der Waals surface area contributed by atoms with Crippen LogP contribution in [-0.2, 0) is 11.2 Å². The summed E-state index contributed by atoms with van der Waals surface area (Å²) < 4.78 is 0.